The van der Waals surface area contributed by atoms with Gasteiger partial charge in [0, 0.05) is 5.69 Å². The lowest BCUT2D eigenvalue weighted by molar-refractivity contribution is -0.115. The van der Waals surface area contributed by atoms with Crippen molar-refractivity contribution in [3.63, 3.8) is 0 Å². The Morgan fingerprint density at radius 3 is 2.64 bits per heavy atom. The van der Waals surface area contributed by atoms with Gasteiger partial charge in [-0.25, -0.2) is 0 Å². The number of aromatic nitrogens is 3. The van der Waals surface area contributed by atoms with E-state index >= 15 is 0 Å². The first-order valence-corrected chi connectivity index (χ1v) is 7.73. The first kappa shape index (κ1) is 16.2. The van der Waals surface area contributed by atoms with Gasteiger partial charge in [0.25, 0.3) is 5.56 Å². The van der Waals surface area contributed by atoms with Gasteiger partial charge in [-0.2, -0.15) is 0 Å². The summed E-state index contributed by atoms with van der Waals surface area (Å²) in [6, 6.07) is 5.84. The number of anilines is 1. The molecular formula is C15H18N4O2S. The molecule has 1 atom stereocenters. The molecule has 2 rings (SSSR count). The zero-order valence-corrected chi connectivity index (χ0v) is 13.7. The van der Waals surface area contributed by atoms with Gasteiger partial charge in [-0.15, -0.1) is 10.2 Å². The van der Waals surface area contributed by atoms with Gasteiger partial charge >= 0.3 is 0 Å². The fourth-order valence-electron chi connectivity index (χ4n) is 1.84. The van der Waals surface area contributed by atoms with E-state index in [9.17, 15) is 9.59 Å². The lowest BCUT2D eigenvalue weighted by atomic mass is 10.1. The number of amides is 1. The Balaban J connectivity index is 2.05. The predicted octanol–water partition coefficient (Wildman–Crippen LogP) is 2.21. The standard InChI is InChI=1S/C15H18N4O2S/c1-8-5-6-12(9(2)7-8)16-14(21)11(4)22-15-17-13(20)10(3)18-19-15/h5-7,11H,1-4H3,(H,16,21)(H,17,19,20)/t11-/m1/s1. The van der Waals surface area contributed by atoms with Crippen LogP contribution in [0.15, 0.2) is 28.2 Å². The number of aromatic amines is 1. The van der Waals surface area contributed by atoms with Crippen LogP contribution in [0.1, 0.15) is 23.7 Å². The van der Waals surface area contributed by atoms with Gasteiger partial charge in [0.1, 0.15) is 5.69 Å². The third-order valence-corrected chi connectivity index (χ3v) is 4.11. The van der Waals surface area contributed by atoms with E-state index in [1.807, 2.05) is 32.0 Å². The summed E-state index contributed by atoms with van der Waals surface area (Å²) in [4.78, 5) is 26.3. The smallest absolute Gasteiger partial charge is 0.273 e. The number of nitrogens with zero attached hydrogens (tertiary/aromatic N) is 2. The second-order valence-electron chi connectivity index (χ2n) is 5.11. The zero-order valence-electron chi connectivity index (χ0n) is 12.9. The van der Waals surface area contributed by atoms with Crippen LogP contribution < -0.4 is 10.9 Å². The first-order chi connectivity index (χ1) is 10.4. The Morgan fingerprint density at radius 2 is 2.00 bits per heavy atom. The molecule has 1 aromatic carbocycles. The van der Waals surface area contributed by atoms with Gasteiger partial charge in [-0.3, -0.25) is 14.6 Å². The Morgan fingerprint density at radius 1 is 1.27 bits per heavy atom. The Labute approximate surface area is 132 Å². The van der Waals surface area contributed by atoms with Crippen LogP contribution in [0.3, 0.4) is 0 Å². The number of nitrogens with one attached hydrogen (secondary N) is 2. The minimum atomic E-state index is -0.409. The molecule has 0 bridgehead atoms. The normalized spacial score (nSPS) is 12.0. The van der Waals surface area contributed by atoms with Gasteiger partial charge < -0.3 is 5.32 Å². The lowest BCUT2D eigenvalue weighted by Crippen LogP contribution is -2.24. The molecule has 6 nitrogen and oxygen atoms in total. The average Bonchev–Trinajstić information content (AvgIpc) is 2.45. The average molecular weight is 318 g/mol. The summed E-state index contributed by atoms with van der Waals surface area (Å²) in [7, 11) is 0. The fraction of sp³-hybridized carbons (Fsp3) is 0.333. The summed E-state index contributed by atoms with van der Waals surface area (Å²) < 4.78 is 0. The fourth-order valence-corrected chi connectivity index (χ4v) is 2.58. The van der Waals surface area contributed by atoms with Crippen molar-refractivity contribution in [2.24, 2.45) is 0 Å². The molecule has 0 radical (unpaired) electrons. The maximum Gasteiger partial charge on any atom is 0.273 e. The highest BCUT2D eigenvalue weighted by Gasteiger charge is 2.17. The Bertz CT molecular complexity index is 757. The minimum absolute atomic E-state index is 0.153. The molecule has 0 spiro atoms. The highest BCUT2D eigenvalue weighted by atomic mass is 32.2. The van der Waals surface area contributed by atoms with E-state index in [1.54, 1.807) is 13.8 Å². The second kappa shape index (κ2) is 6.74. The van der Waals surface area contributed by atoms with E-state index in [2.05, 4.69) is 20.5 Å². The maximum absolute atomic E-state index is 12.2. The highest BCUT2D eigenvalue weighted by molar-refractivity contribution is 8.00. The number of thioether (sulfide) groups is 1. The molecule has 0 unspecified atom stereocenters. The van der Waals surface area contributed by atoms with Crippen LogP contribution in [0.4, 0.5) is 5.69 Å². The summed E-state index contributed by atoms with van der Waals surface area (Å²) in [5, 5.41) is 10.4. The minimum Gasteiger partial charge on any atom is -0.325 e. The highest BCUT2D eigenvalue weighted by Crippen LogP contribution is 2.21. The van der Waals surface area contributed by atoms with Gasteiger partial charge in [-0.05, 0) is 39.3 Å². The van der Waals surface area contributed by atoms with Crippen LogP contribution in [0.5, 0.6) is 0 Å². The van der Waals surface area contributed by atoms with E-state index in [0.29, 0.717) is 10.9 Å². The third kappa shape index (κ3) is 3.94. The molecule has 2 N–H and O–H groups in total. The van der Waals surface area contributed by atoms with Gasteiger partial charge in [0.2, 0.25) is 5.91 Å². The number of hydrogen-bond donors (Lipinski definition) is 2. The van der Waals surface area contributed by atoms with E-state index in [0.717, 1.165) is 28.6 Å². The molecule has 1 amide bonds. The van der Waals surface area contributed by atoms with E-state index in [1.165, 1.54) is 0 Å². The molecule has 2 aromatic rings. The molecule has 0 aliphatic heterocycles. The molecule has 0 saturated carbocycles. The third-order valence-electron chi connectivity index (χ3n) is 3.14. The summed E-state index contributed by atoms with van der Waals surface area (Å²) in [6.07, 6.45) is 0. The molecule has 7 heteroatoms. The van der Waals surface area contributed by atoms with Gasteiger partial charge in [0.05, 0.1) is 5.25 Å². The number of carbonyl (C=O) groups excluding carboxylic acids is 1. The number of carbonyl (C=O) groups is 1. The van der Waals surface area contributed by atoms with Crippen LogP contribution in [-0.2, 0) is 4.79 Å². The van der Waals surface area contributed by atoms with Crippen LogP contribution in [-0.4, -0.2) is 26.3 Å². The van der Waals surface area contributed by atoms with Crippen molar-refractivity contribution >= 4 is 23.4 Å². The van der Waals surface area contributed by atoms with Crippen molar-refractivity contribution in [3.05, 3.63) is 45.4 Å². The predicted molar refractivity (Wildman–Crippen MR) is 87.3 cm³/mol. The number of aryl methyl sites for hydroxylation is 3. The summed E-state index contributed by atoms with van der Waals surface area (Å²) >= 11 is 1.16. The summed E-state index contributed by atoms with van der Waals surface area (Å²) in [6.45, 7) is 7.28. The molecule has 0 aliphatic rings. The maximum atomic E-state index is 12.2. The largest absolute Gasteiger partial charge is 0.325 e. The van der Waals surface area contributed by atoms with Crippen molar-refractivity contribution in [3.8, 4) is 0 Å². The number of hydrogen-bond acceptors (Lipinski definition) is 5. The zero-order chi connectivity index (χ0) is 16.3. The van der Waals surface area contributed by atoms with Crippen LogP contribution in [0, 0.1) is 20.8 Å². The van der Waals surface area contributed by atoms with E-state index in [-0.39, 0.29) is 11.5 Å². The summed E-state index contributed by atoms with van der Waals surface area (Å²) in [5.41, 5.74) is 2.95. The van der Waals surface area contributed by atoms with Crippen molar-refractivity contribution < 1.29 is 4.79 Å². The van der Waals surface area contributed by atoms with Crippen LogP contribution >= 0.6 is 11.8 Å². The SMILES string of the molecule is Cc1ccc(NC(=O)[C@@H](C)Sc2nnc(C)c(=O)[nH]2)c(C)c1. The van der Waals surface area contributed by atoms with Crippen molar-refractivity contribution in [1.82, 2.24) is 15.2 Å². The van der Waals surface area contributed by atoms with E-state index < -0.39 is 5.25 Å². The summed E-state index contributed by atoms with van der Waals surface area (Å²) in [5.74, 6) is -0.153. The topological polar surface area (TPSA) is 87.7 Å². The molecule has 1 heterocycles. The number of benzene rings is 1. The lowest BCUT2D eigenvalue weighted by Gasteiger charge is -2.13. The molecule has 1 aromatic heterocycles. The monoisotopic (exact) mass is 318 g/mol. The quantitative estimate of drug-likeness (QED) is 0.844. The molecule has 22 heavy (non-hydrogen) atoms. The Hall–Kier alpha value is -2.15. The Kier molecular flexibility index (Phi) is 4.97. The van der Waals surface area contributed by atoms with Crippen molar-refractivity contribution in [2.75, 3.05) is 5.32 Å². The molecular weight excluding hydrogens is 300 g/mol. The molecule has 0 saturated heterocycles. The van der Waals surface area contributed by atoms with Gasteiger partial charge in [-0.1, -0.05) is 29.5 Å². The molecule has 0 aliphatic carbocycles. The second-order valence-corrected chi connectivity index (χ2v) is 6.44. The van der Waals surface area contributed by atoms with E-state index in [4.69, 9.17) is 0 Å². The van der Waals surface area contributed by atoms with Gasteiger partial charge in [0.15, 0.2) is 5.16 Å². The van der Waals surface area contributed by atoms with Crippen molar-refractivity contribution in [2.45, 2.75) is 38.1 Å². The number of H-pyrrole nitrogens is 1. The molecule has 116 valence electrons. The number of rotatable bonds is 4. The van der Waals surface area contributed by atoms with Crippen LogP contribution in [0.25, 0.3) is 0 Å². The molecule has 0 fully saturated rings. The van der Waals surface area contributed by atoms with Crippen LogP contribution in [0.2, 0.25) is 0 Å². The first-order valence-electron chi connectivity index (χ1n) is 6.85. The van der Waals surface area contributed by atoms with Crippen molar-refractivity contribution in [1.29, 1.82) is 0 Å².